The van der Waals surface area contributed by atoms with Crippen LogP contribution in [0.15, 0.2) is 72.8 Å². The number of rotatable bonds is 10. The maximum Gasteiger partial charge on any atom is 0.317 e. The van der Waals surface area contributed by atoms with Gasteiger partial charge in [-0.25, -0.2) is 0 Å². The molecule has 0 aliphatic rings. The van der Waals surface area contributed by atoms with Crippen LogP contribution >= 0.6 is 11.6 Å². The third-order valence-electron chi connectivity index (χ3n) is 4.91. The van der Waals surface area contributed by atoms with E-state index in [4.69, 9.17) is 16.7 Å². The molecule has 0 saturated carbocycles. The molecule has 3 aromatic carbocycles. The lowest BCUT2D eigenvalue weighted by Gasteiger charge is -2.08. The molecule has 0 unspecified atom stereocenters. The maximum atomic E-state index is 12.4. The Morgan fingerprint density at radius 1 is 0.742 bits per heavy atom. The number of carboxylic acid groups (broad SMARTS) is 1. The first-order valence-electron chi connectivity index (χ1n) is 10.2. The van der Waals surface area contributed by atoms with Gasteiger partial charge < -0.3 is 15.7 Å². The molecule has 6 heteroatoms. The van der Waals surface area contributed by atoms with Crippen molar-refractivity contribution in [2.24, 2.45) is 0 Å². The Labute approximate surface area is 187 Å². The van der Waals surface area contributed by atoms with Crippen molar-refractivity contribution in [3.8, 4) is 11.1 Å². The minimum atomic E-state index is -0.852. The van der Waals surface area contributed by atoms with Crippen LogP contribution < -0.4 is 10.6 Å². The Kier molecular flexibility index (Phi) is 8.21. The summed E-state index contributed by atoms with van der Waals surface area (Å²) in [5, 5.41) is 15.1. The van der Waals surface area contributed by atoms with Crippen molar-refractivity contribution >= 4 is 23.5 Å². The highest BCUT2D eigenvalue weighted by Crippen LogP contribution is 2.21. The fourth-order valence-electron chi connectivity index (χ4n) is 3.18. The number of amides is 1. The van der Waals surface area contributed by atoms with Crippen molar-refractivity contribution in [3.63, 3.8) is 0 Å². The van der Waals surface area contributed by atoms with E-state index < -0.39 is 5.97 Å². The second kappa shape index (κ2) is 11.3. The van der Waals surface area contributed by atoms with E-state index in [9.17, 15) is 9.59 Å². The van der Waals surface area contributed by atoms with Gasteiger partial charge in [0, 0.05) is 17.1 Å². The number of nitrogens with one attached hydrogen (secondary N) is 2. The minimum absolute atomic E-state index is 0.0262. The van der Waals surface area contributed by atoms with Crippen LogP contribution in [0.25, 0.3) is 11.1 Å². The Morgan fingerprint density at radius 2 is 1.26 bits per heavy atom. The van der Waals surface area contributed by atoms with Gasteiger partial charge in [-0.1, -0.05) is 60.1 Å². The molecule has 0 heterocycles. The van der Waals surface area contributed by atoms with Gasteiger partial charge >= 0.3 is 5.97 Å². The Hall–Kier alpha value is -3.15. The van der Waals surface area contributed by atoms with E-state index in [1.807, 2.05) is 72.8 Å². The molecule has 0 radical (unpaired) electrons. The highest BCUT2D eigenvalue weighted by Gasteiger charge is 2.06. The van der Waals surface area contributed by atoms with E-state index in [0.717, 1.165) is 35.1 Å². The number of hydrogen-bond donors (Lipinski definition) is 3. The second-order valence-corrected chi connectivity index (χ2v) is 7.66. The summed E-state index contributed by atoms with van der Waals surface area (Å²) < 4.78 is 0. The number of carboxylic acids is 1. The smallest absolute Gasteiger partial charge is 0.317 e. The molecule has 160 valence electrons. The van der Waals surface area contributed by atoms with Gasteiger partial charge in [-0.15, -0.1) is 0 Å². The SMILES string of the molecule is O=C(O)CNCCc1ccc(CCNC(=O)c2ccc(-c3ccc(Cl)cc3)cc2)cc1. The van der Waals surface area contributed by atoms with Crippen molar-refractivity contribution in [1.82, 2.24) is 10.6 Å². The zero-order valence-electron chi connectivity index (χ0n) is 17.1. The Bertz CT molecular complexity index is 1000. The molecule has 0 saturated heterocycles. The van der Waals surface area contributed by atoms with Gasteiger partial charge in [-0.3, -0.25) is 9.59 Å². The molecular weight excluding hydrogens is 412 g/mol. The summed E-state index contributed by atoms with van der Waals surface area (Å²) in [6.45, 7) is 1.15. The summed E-state index contributed by atoms with van der Waals surface area (Å²) in [6.07, 6.45) is 1.52. The summed E-state index contributed by atoms with van der Waals surface area (Å²) in [5.41, 5.74) is 5.00. The fraction of sp³-hybridized carbons (Fsp3) is 0.200. The molecular formula is C25H25ClN2O3. The number of aliphatic carboxylic acids is 1. The summed E-state index contributed by atoms with van der Waals surface area (Å²) >= 11 is 5.93. The van der Waals surface area contributed by atoms with Crippen molar-refractivity contribution in [3.05, 3.63) is 94.5 Å². The van der Waals surface area contributed by atoms with Crippen molar-refractivity contribution < 1.29 is 14.7 Å². The van der Waals surface area contributed by atoms with Gasteiger partial charge in [-0.05, 0) is 65.9 Å². The van der Waals surface area contributed by atoms with Crippen molar-refractivity contribution in [1.29, 1.82) is 0 Å². The first-order chi connectivity index (χ1) is 15.0. The molecule has 0 atom stereocenters. The van der Waals surface area contributed by atoms with Crippen LogP contribution in [0.3, 0.4) is 0 Å². The van der Waals surface area contributed by atoms with Gasteiger partial charge in [0.25, 0.3) is 5.91 Å². The van der Waals surface area contributed by atoms with Crippen LogP contribution in [-0.2, 0) is 17.6 Å². The van der Waals surface area contributed by atoms with E-state index in [1.165, 1.54) is 0 Å². The number of carbonyl (C=O) groups is 2. The Balaban J connectivity index is 1.43. The average Bonchev–Trinajstić information content (AvgIpc) is 2.78. The van der Waals surface area contributed by atoms with Crippen LogP contribution in [0, 0.1) is 0 Å². The molecule has 3 aromatic rings. The first kappa shape index (κ1) is 22.5. The third-order valence-corrected chi connectivity index (χ3v) is 5.17. The molecule has 0 aliphatic carbocycles. The summed E-state index contributed by atoms with van der Waals surface area (Å²) in [7, 11) is 0. The molecule has 31 heavy (non-hydrogen) atoms. The van der Waals surface area contributed by atoms with Crippen LogP contribution in [0.5, 0.6) is 0 Å². The predicted octanol–water partition coefficient (Wildman–Crippen LogP) is 4.20. The van der Waals surface area contributed by atoms with E-state index in [1.54, 1.807) is 0 Å². The van der Waals surface area contributed by atoms with Crippen molar-refractivity contribution in [2.45, 2.75) is 12.8 Å². The third kappa shape index (κ3) is 7.24. The summed E-state index contributed by atoms with van der Waals surface area (Å²) in [6, 6.07) is 23.3. The number of halogens is 1. The second-order valence-electron chi connectivity index (χ2n) is 7.23. The zero-order valence-corrected chi connectivity index (χ0v) is 17.9. The lowest BCUT2D eigenvalue weighted by atomic mass is 10.0. The molecule has 1 amide bonds. The lowest BCUT2D eigenvalue weighted by molar-refractivity contribution is -0.135. The van der Waals surface area contributed by atoms with Crippen LogP contribution in [0.4, 0.5) is 0 Å². The van der Waals surface area contributed by atoms with Gasteiger partial charge in [0.2, 0.25) is 0 Å². The number of carbonyl (C=O) groups excluding carboxylic acids is 1. The molecule has 3 N–H and O–H groups in total. The average molecular weight is 437 g/mol. The quantitative estimate of drug-likeness (QED) is 0.416. The van der Waals surface area contributed by atoms with Crippen molar-refractivity contribution in [2.75, 3.05) is 19.6 Å². The van der Waals surface area contributed by atoms with Crippen LogP contribution in [0.1, 0.15) is 21.5 Å². The molecule has 0 fully saturated rings. The minimum Gasteiger partial charge on any atom is -0.480 e. The van der Waals surface area contributed by atoms with E-state index in [-0.39, 0.29) is 12.5 Å². The molecule has 3 rings (SSSR count). The van der Waals surface area contributed by atoms with Crippen LogP contribution in [-0.4, -0.2) is 36.6 Å². The monoisotopic (exact) mass is 436 g/mol. The van der Waals surface area contributed by atoms with Crippen LogP contribution in [0.2, 0.25) is 5.02 Å². The number of hydrogen-bond acceptors (Lipinski definition) is 3. The van der Waals surface area contributed by atoms with E-state index >= 15 is 0 Å². The van der Waals surface area contributed by atoms with Gasteiger partial charge in [0.15, 0.2) is 0 Å². The normalized spacial score (nSPS) is 10.6. The maximum absolute atomic E-state index is 12.4. The molecule has 0 spiro atoms. The summed E-state index contributed by atoms with van der Waals surface area (Å²) in [4.78, 5) is 22.9. The molecule has 0 bridgehead atoms. The topological polar surface area (TPSA) is 78.4 Å². The van der Waals surface area contributed by atoms with Gasteiger partial charge in [0.1, 0.15) is 0 Å². The molecule has 0 aliphatic heterocycles. The molecule has 5 nitrogen and oxygen atoms in total. The highest BCUT2D eigenvalue weighted by molar-refractivity contribution is 6.30. The largest absolute Gasteiger partial charge is 0.480 e. The standard InChI is InChI=1S/C25H25ClN2O3/c26-23-11-9-21(10-12-23)20-5-7-22(8-6-20)25(31)28-16-14-19-3-1-18(2-4-19)13-15-27-17-24(29)30/h1-12,27H,13-17H2,(H,28,31)(H,29,30). The zero-order chi connectivity index (χ0) is 22.1. The lowest BCUT2D eigenvalue weighted by Crippen LogP contribution is -2.25. The first-order valence-corrected chi connectivity index (χ1v) is 10.5. The van der Waals surface area contributed by atoms with E-state index in [0.29, 0.717) is 23.7 Å². The van der Waals surface area contributed by atoms with Gasteiger partial charge in [0.05, 0.1) is 6.54 Å². The predicted molar refractivity (Wildman–Crippen MR) is 124 cm³/mol. The summed E-state index contributed by atoms with van der Waals surface area (Å²) in [5.74, 6) is -0.946. The van der Waals surface area contributed by atoms with E-state index in [2.05, 4.69) is 10.6 Å². The number of benzene rings is 3. The van der Waals surface area contributed by atoms with Gasteiger partial charge in [-0.2, -0.15) is 0 Å². The Morgan fingerprint density at radius 3 is 1.81 bits per heavy atom. The molecule has 0 aromatic heterocycles. The highest BCUT2D eigenvalue weighted by atomic mass is 35.5. The fourth-order valence-corrected chi connectivity index (χ4v) is 3.31.